The number of nitrogens with one attached hydrogen (secondary N) is 2. The van der Waals surface area contributed by atoms with Crippen LogP contribution in [0.2, 0.25) is 0 Å². The number of hydrogen-bond donors (Lipinski definition) is 3. The summed E-state index contributed by atoms with van der Waals surface area (Å²) in [6.07, 6.45) is 6.35. The fraction of sp³-hybridized carbons (Fsp3) is 0.444. The van der Waals surface area contributed by atoms with Crippen LogP contribution in [0.1, 0.15) is 62.5 Å². The van der Waals surface area contributed by atoms with Crippen LogP contribution in [0.5, 0.6) is 0 Å². The van der Waals surface area contributed by atoms with Crippen molar-refractivity contribution in [1.82, 2.24) is 15.5 Å². The number of carbonyl (C=O) groups excluding carboxylic acids is 4. The number of ether oxygens (including phenoxy) is 2. The minimum atomic E-state index is -0.686. The number of aliphatic hydroxyl groups is 1. The van der Waals surface area contributed by atoms with Crippen LogP contribution >= 0.6 is 0 Å². The first-order valence-electron chi connectivity index (χ1n) is 15.9. The SMILES string of the molecule is C=CCCCC(=O)OCC(CCCCNC(=O)OCc1ccccc1)NC(=O)C(CC=C)CC(=O)N(CCO)Cc1ccccc1. The van der Waals surface area contributed by atoms with Gasteiger partial charge in [-0.25, -0.2) is 4.79 Å². The molecule has 2 rings (SSSR count). The molecule has 0 heterocycles. The quantitative estimate of drug-likeness (QED) is 0.0882. The summed E-state index contributed by atoms with van der Waals surface area (Å²) in [4.78, 5) is 52.6. The molecule has 0 aliphatic heterocycles. The molecular weight excluding hydrogens is 586 g/mol. The fourth-order valence-corrected chi connectivity index (χ4v) is 4.69. The summed E-state index contributed by atoms with van der Waals surface area (Å²) in [5.74, 6) is -1.64. The van der Waals surface area contributed by atoms with Crippen molar-refractivity contribution in [1.29, 1.82) is 0 Å². The maximum Gasteiger partial charge on any atom is 0.407 e. The lowest BCUT2D eigenvalue weighted by molar-refractivity contribution is -0.145. The van der Waals surface area contributed by atoms with Gasteiger partial charge in [0.15, 0.2) is 0 Å². The topological polar surface area (TPSA) is 134 Å². The van der Waals surface area contributed by atoms with E-state index in [1.54, 1.807) is 17.1 Å². The molecule has 0 saturated carbocycles. The molecule has 0 aliphatic carbocycles. The van der Waals surface area contributed by atoms with Crippen LogP contribution in [0, 0.1) is 5.92 Å². The molecule has 2 unspecified atom stereocenters. The Balaban J connectivity index is 1.94. The van der Waals surface area contributed by atoms with Gasteiger partial charge >= 0.3 is 12.1 Å². The molecule has 0 fully saturated rings. The number of allylic oxidation sites excluding steroid dienone is 2. The lowest BCUT2D eigenvalue weighted by Gasteiger charge is -2.26. The molecule has 0 radical (unpaired) electrons. The van der Waals surface area contributed by atoms with E-state index >= 15 is 0 Å². The Morgan fingerprint density at radius 2 is 1.59 bits per heavy atom. The highest BCUT2D eigenvalue weighted by Crippen LogP contribution is 2.16. The summed E-state index contributed by atoms with van der Waals surface area (Å²) < 4.78 is 10.7. The molecule has 2 aromatic carbocycles. The number of hydrogen-bond acceptors (Lipinski definition) is 7. The second kappa shape index (κ2) is 23.0. The van der Waals surface area contributed by atoms with Crippen LogP contribution < -0.4 is 10.6 Å². The minimum Gasteiger partial charge on any atom is -0.463 e. The van der Waals surface area contributed by atoms with Crippen molar-refractivity contribution in [3.63, 3.8) is 0 Å². The van der Waals surface area contributed by atoms with Crippen LogP contribution in [-0.4, -0.2) is 66.2 Å². The average molecular weight is 636 g/mol. The molecule has 0 bridgehead atoms. The van der Waals surface area contributed by atoms with E-state index < -0.39 is 18.1 Å². The van der Waals surface area contributed by atoms with Crippen molar-refractivity contribution >= 4 is 23.9 Å². The van der Waals surface area contributed by atoms with Crippen molar-refractivity contribution in [2.24, 2.45) is 5.92 Å². The highest BCUT2D eigenvalue weighted by Gasteiger charge is 2.26. The van der Waals surface area contributed by atoms with E-state index in [0.717, 1.165) is 11.1 Å². The monoisotopic (exact) mass is 635 g/mol. The van der Waals surface area contributed by atoms with E-state index in [9.17, 15) is 24.3 Å². The van der Waals surface area contributed by atoms with E-state index in [2.05, 4.69) is 23.8 Å². The van der Waals surface area contributed by atoms with Crippen molar-refractivity contribution < 1.29 is 33.8 Å². The average Bonchev–Trinajstić information content (AvgIpc) is 3.06. The molecule has 10 heteroatoms. The molecule has 3 amide bonds. The summed E-state index contributed by atoms with van der Waals surface area (Å²) >= 11 is 0. The highest BCUT2D eigenvalue weighted by atomic mass is 16.5. The summed E-state index contributed by atoms with van der Waals surface area (Å²) in [7, 11) is 0. The van der Waals surface area contributed by atoms with E-state index in [1.807, 2.05) is 60.7 Å². The van der Waals surface area contributed by atoms with Gasteiger partial charge in [-0.1, -0.05) is 72.8 Å². The molecule has 46 heavy (non-hydrogen) atoms. The summed E-state index contributed by atoms with van der Waals surface area (Å²) in [6.45, 7) is 8.24. The predicted molar refractivity (Wildman–Crippen MR) is 177 cm³/mol. The maximum absolute atomic E-state index is 13.4. The van der Waals surface area contributed by atoms with Gasteiger partial charge in [-0.2, -0.15) is 0 Å². The van der Waals surface area contributed by atoms with Crippen LogP contribution in [0.25, 0.3) is 0 Å². The van der Waals surface area contributed by atoms with Crippen LogP contribution in [0.3, 0.4) is 0 Å². The van der Waals surface area contributed by atoms with Crippen molar-refractivity contribution in [2.75, 3.05) is 26.3 Å². The summed E-state index contributed by atoms with van der Waals surface area (Å²) in [6, 6.07) is 18.4. The van der Waals surface area contributed by atoms with E-state index in [-0.39, 0.29) is 63.4 Å². The molecular formula is C36H49N3O7. The van der Waals surface area contributed by atoms with Gasteiger partial charge in [-0.05, 0) is 49.7 Å². The zero-order chi connectivity index (χ0) is 33.4. The van der Waals surface area contributed by atoms with Crippen LogP contribution in [0.4, 0.5) is 4.79 Å². The molecule has 0 spiro atoms. The number of unbranched alkanes of at least 4 members (excludes halogenated alkanes) is 2. The second-order valence-corrected chi connectivity index (χ2v) is 11.0. The van der Waals surface area contributed by atoms with Crippen molar-refractivity contribution in [3.05, 3.63) is 97.1 Å². The lowest BCUT2D eigenvalue weighted by atomic mass is 9.98. The summed E-state index contributed by atoms with van der Waals surface area (Å²) in [5, 5.41) is 15.3. The Morgan fingerprint density at radius 1 is 0.891 bits per heavy atom. The third-order valence-corrected chi connectivity index (χ3v) is 7.22. The van der Waals surface area contributed by atoms with E-state index in [4.69, 9.17) is 9.47 Å². The first kappa shape index (κ1) is 37.7. The molecule has 3 N–H and O–H groups in total. The van der Waals surface area contributed by atoms with Gasteiger partial charge in [-0.15, -0.1) is 13.2 Å². The molecule has 0 aliphatic rings. The van der Waals surface area contributed by atoms with Crippen molar-refractivity contribution in [2.45, 2.75) is 70.6 Å². The van der Waals surface area contributed by atoms with E-state index in [1.165, 1.54) is 0 Å². The van der Waals surface area contributed by atoms with Gasteiger partial charge in [0.05, 0.1) is 18.6 Å². The number of carbonyl (C=O) groups is 4. The third-order valence-electron chi connectivity index (χ3n) is 7.22. The zero-order valence-corrected chi connectivity index (χ0v) is 26.7. The van der Waals surface area contributed by atoms with Gasteiger partial charge in [0.1, 0.15) is 13.2 Å². The number of amides is 3. The van der Waals surface area contributed by atoms with Gasteiger partial charge in [0, 0.05) is 32.5 Å². The van der Waals surface area contributed by atoms with Crippen molar-refractivity contribution in [3.8, 4) is 0 Å². The normalized spacial score (nSPS) is 11.8. The van der Waals surface area contributed by atoms with Gasteiger partial charge < -0.3 is 30.1 Å². The highest BCUT2D eigenvalue weighted by molar-refractivity contribution is 5.86. The van der Waals surface area contributed by atoms with Gasteiger partial charge in [0.2, 0.25) is 11.8 Å². The number of alkyl carbamates (subject to hydrolysis) is 1. The van der Waals surface area contributed by atoms with Gasteiger partial charge in [0.25, 0.3) is 0 Å². The Hall–Kier alpha value is -4.44. The standard InChI is InChI=1S/C36H49N3O7/c1-3-5-8-21-34(42)45-28-32(20-13-14-22-37-36(44)46-27-30-18-11-7-12-19-30)38-35(43)31(15-4-2)25-33(41)39(23-24-40)26-29-16-9-6-10-17-29/h3-4,6-7,9-12,16-19,31-32,40H,1-2,5,8,13-15,20-28H2,(H,37,44)(H,38,43). The smallest absolute Gasteiger partial charge is 0.407 e. The molecule has 2 aromatic rings. The zero-order valence-electron chi connectivity index (χ0n) is 26.7. The molecule has 2 atom stereocenters. The Morgan fingerprint density at radius 3 is 2.24 bits per heavy atom. The second-order valence-electron chi connectivity index (χ2n) is 11.0. The summed E-state index contributed by atoms with van der Waals surface area (Å²) in [5.41, 5.74) is 1.81. The molecule has 10 nitrogen and oxygen atoms in total. The Labute approximate surface area is 272 Å². The molecule has 0 aromatic heterocycles. The number of benzene rings is 2. The van der Waals surface area contributed by atoms with Crippen LogP contribution in [0.15, 0.2) is 86.0 Å². The fourth-order valence-electron chi connectivity index (χ4n) is 4.69. The third kappa shape index (κ3) is 16.0. The maximum atomic E-state index is 13.4. The molecule has 250 valence electrons. The predicted octanol–water partition coefficient (Wildman–Crippen LogP) is 5.07. The largest absolute Gasteiger partial charge is 0.463 e. The van der Waals surface area contributed by atoms with Gasteiger partial charge in [-0.3, -0.25) is 14.4 Å². The number of esters is 1. The Kier molecular flexibility index (Phi) is 18.9. The number of aliphatic hydroxyl groups excluding tert-OH is 1. The minimum absolute atomic E-state index is 0.00932. The number of rotatable bonds is 23. The first-order chi connectivity index (χ1) is 22.4. The number of nitrogens with zero attached hydrogens (tertiary/aromatic N) is 1. The molecule has 0 saturated heterocycles. The Bertz CT molecular complexity index is 1210. The first-order valence-corrected chi connectivity index (χ1v) is 15.9. The van der Waals surface area contributed by atoms with E-state index in [0.29, 0.717) is 45.2 Å². The van der Waals surface area contributed by atoms with Crippen LogP contribution in [-0.2, 0) is 37.0 Å². The lowest BCUT2D eigenvalue weighted by Crippen LogP contribution is -2.44.